The maximum atomic E-state index is 9.51. The Kier molecular flexibility index (Phi) is 6.52. The molecule has 1 aromatic carbocycles. The van der Waals surface area contributed by atoms with Crippen LogP contribution in [0.25, 0.3) is 0 Å². The molecule has 3 unspecified atom stereocenters. The minimum Gasteiger partial charge on any atom is -0.494 e. The van der Waals surface area contributed by atoms with Crippen LogP contribution in [0.3, 0.4) is 0 Å². The van der Waals surface area contributed by atoms with Crippen LogP contribution in [0.2, 0.25) is 0 Å². The van der Waals surface area contributed by atoms with Crippen LogP contribution in [-0.2, 0) is 0 Å². The summed E-state index contributed by atoms with van der Waals surface area (Å²) in [5, 5.41) is 13.2. The first-order valence-electron chi connectivity index (χ1n) is 8.32. The van der Waals surface area contributed by atoms with Crippen LogP contribution in [0, 0.1) is 11.8 Å². The summed E-state index contributed by atoms with van der Waals surface area (Å²) in [6.45, 7) is 6.21. The Morgan fingerprint density at radius 1 is 1.24 bits per heavy atom. The van der Waals surface area contributed by atoms with Gasteiger partial charge in [-0.05, 0) is 51.1 Å². The quantitative estimate of drug-likeness (QED) is 0.807. The molecule has 0 aromatic heterocycles. The molecule has 0 spiro atoms. The number of hydrogen-bond acceptors (Lipinski definition) is 3. The molecule has 21 heavy (non-hydrogen) atoms. The second kappa shape index (κ2) is 8.40. The molecule has 1 saturated carbocycles. The standard InChI is InChI=1S/C18H29NO2/c1-3-21-18-11-7-6-10-17(18)14(2)19-12-15-8-4-5-9-16(15)13-20/h6-7,10-11,14-16,19-20H,3-5,8-9,12-13H2,1-2H3. The van der Waals surface area contributed by atoms with Gasteiger partial charge < -0.3 is 15.2 Å². The molecule has 3 heteroatoms. The van der Waals surface area contributed by atoms with Gasteiger partial charge in [0, 0.05) is 18.2 Å². The molecule has 0 radical (unpaired) electrons. The summed E-state index contributed by atoms with van der Waals surface area (Å²) in [5.74, 6) is 2.05. The van der Waals surface area contributed by atoms with E-state index < -0.39 is 0 Å². The van der Waals surface area contributed by atoms with E-state index in [4.69, 9.17) is 4.74 Å². The first-order valence-corrected chi connectivity index (χ1v) is 8.32. The molecule has 3 nitrogen and oxygen atoms in total. The van der Waals surface area contributed by atoms with Gasteiger partial charge in [0.1, 0.15) is 5.75 Å². The first-order chi connectivity index (χ1) is 10.3. The molecule has 0 heterocycles. The van der Waals surface area contributed by atoms with Gasteiger partial charge >= 0.3 is 0 Å². The molecular formula is C18H29NO2. The van der Waals surface area contributed by atoms with Gasteiger partial charge in [-0.1, -0.05) is 31.0 Å². The topological polar surface area (TPSA) is 41.5 Å². The Labute approximate surface area is 128 Å². The predicted octanol–water partition coefficient (Wildman–Crippen LogP) is 3.53. The summed E-state index contributed by atoms with van der Waals surface area (Å²) in [6.07, 6.45) is 4.97. The smallest absolute Gasteiger partial charge is 0.124 e. The molecule has 118 valence electrons. The van der Waals surface area contributed by atoms with Crippen molar-refractivity contribution in [1.82, 2.24) is 5.32 Å². The highest BCUT2D eigenvalue weighted by molar-refractivity contribution is 5.35. The lowest BCUT2D eigenvalue weighted by Crippen LogP contribution is -2.33. The highest BCUT2D eigenvalue weighted by Crippen LogP contribution is 2.30. The van der Waals surface area contributed by atoms with Crippen LogP contribution < -0.4 is 10.1 Å². The molecule has 1 fully saturated rings. The number of rotatable bonds is 7. The average molecular weight is 291 g/mol. The maximum Gasteiger partial charge on any atom is 0.124 e. The molecule has 1 aromatic rings. The first kappa shape index (κ1) is 16.3. The van der Waals surface area contributed by atoms with Crippen LogP contribution >= 0.6 is 0 Å². The van der Waals surface area contributed by atoms with Gasteiger partial charge in [-0.3, -0.25) is 0 Å². The van der Waals surface area contributed by atoms with Crippen LogP contribution in [0.5, 0.6) is 5.75 Å². The van der Waals surface area contributed by atoms with E-state index in [1.165, 1.54) is 31.2 Å². The molecule has 0 saturated heterocycles. The monoisotopic (exact) mass is 291 g/mol. The fraction of sp³-hybridized carbons (Fsp3) is 0.667. The second-order valence-corrected chi connectivity index (χ2v) is 6.09. The Morgan fingerprint density at radius 2 is 1.95 bits per heavy atom. The van der Waals surface area contributed by atoms with Gasteiger partial charge in [-0.15, -0.1) is 0 Å². The lowest BCUT2D eigenvalue weighted by molar-refractivity contribution is 0.131. The Bertz CT molecular complexity index is 421. The number of aliphatic hydroxyl groups excluding tert-OH is 1. The highest BCUT2D eigenvalue weighted by Gasteiger charge is 2.24. The SMILES string of the molecule is CCOc1ccccc1C(C)NCC1CCCCC1CO. The molecule has 2 N–H and O–H groups in total. The molecule has 0 amide bonds. The fourth-order valence-corrected chi connectivity index (χ4v) is 3.36. The fourth-order valence-electron chi connectivity index (χ4n) is 3.36. The van der Waals surface area contributed by atoms with Crippen molar-refractivity contribution < 1.29 is 9.84 Å². The normalized spacial score (nSPS) is 23.8. The van der Waals surface area contributed by atoms with E-state index in [0.717, 1.165) is 12.3 Å². The third kappa shape index (κ3) is 4.45. The van der Waals surface area contributed by atoms with Crippen LogP contribution in [-0.4, -0.2) is 24.9 Å². The molecule has 0 aliphatic heterocycles. The van der Waals surface area contributed by atoms with Crippen LogP contribution in [0.1, 0.15) is 51.1 Å². The summed E-state index contributed by atoms with van der Waals surface area (Å²) in [7, 11) is 0. The molecule has 0 bridgehead atoms. The van der Waals surface area contributed by atoms with Gasteiger partial charge in [-0.2, -0.15) is 0 Å². The summed E-state index contributed by atoms with van der Waals surface area (Å²) < 4.78 is 5.71. The van der Waals surface area contributed by atoms with Gasteiger partial charge in [0.25, 0.3) is 0 Å². The molecule has 2 rings (SSSR count). The van der Waals surface area contributed by atoms with E-state index in [0.29, 0.717) is 25.0 Å². The van der Waals surface area contributed by atoms with Crippen molar-refractivity contribution in [1.29, 1.82) is 0 Å². The summed E-state index contributed by atoms with van der Waals surface area (Å²) in [6, 6.07) is 8.52. The summed E-state index contributed by atoms with van der Waals surface area (Å²) in [5.41, 5.74) is 1.22. The third-order valence-electron chi connectivity index (χ3n) is 4.67. The average Bonchev–Trinajstić information content (AvgIpc) is 2.53. The number of aliphatic hydroxyl groups is 1. The van der Waals surface area contributed by atoms with E-state index in [1.807, 2.05) is 19.1 Å². The van der Waals surface area contributed by atoms with Crippen molar-refractivity contribution in [2.24, 2.45) is 11.8 Å². The molecular weight excluding hydrogens is 262 g/mol. The van der Waals surface area contributed by atoms with Crippen molar-refractivity contribution in [3.63, 3.8) is 0 Å². The number of para-hydroxylation sites is 1. The van der Waals surface area contributed by atoms with E-state index >= 15 is 0 Å². The van der Waals surface area contributed by atoms with E-state index in [9.17, 15) is 5.11 Å². The van der Waals surface area contributed by atoms with Crippen molar-refractivity contribution in [3.05, 3.63) is 29.8 Å². The van der Waals surface area contributed by atoms with Gasteiger partial charge in [0.2, 0.25) is 0 Å². The van der Waals surface area contributed by atoms with Gasteiger partial charge in [0.15, 0.2) is 0 Å². The highest BCUT2D eigenvalue weighted by atomic mass is 16.5. The molecule has 1 aliphatic rings. The van der Waals surface area contributed by atoms with E-state index in [-0.39, 0.29) is 6.04 Å². The number of ether oxygens (including phenoxy) is 1. The van der Waals surface area contributed by atoms with Crippen LogP contribution in [0.15, 0.2) is 24.3 Å². The zero-order chi connectivity index (χ0) is 15.1. The van der Waals surface area contributed by atoms with Gasteiger partial charge in [-0.25, -0.2) is 0 Å². The minimum atomic E-state index is 0.272. The number of nitrogens with one attached hydrogen (secondary N) is 1. The van der Waals surface area contributed by atoms with E-state index in [1.54, 1.807) is 0 Å². The lowest BCUT2D eigenvalue weighted by Gasteiger charge is -2.31. The van der Waals surface area contributed by atoms with Crippen molar-refractivity contribution in [2.75, 3.05) is 19.8 Å². The zero-order valence-corrected chi connectivity index (χ0v) is 13.3. The zero-order valence-electron chi connectivity index (χ0n) is 13.3. The minimum absolute atomic E-state index is 0.272. The number of hydrogen-bond donors (Lipinski definition) is 2. The third-order valence-corrected chi connectivity index (χ3v) is 4.67. The molecule has 3 atom stereocenters. The Morgan fingerprint density at radius 3 is 2.67 bits per heavy atom. The van der Waals surface area contributed by atoms with Crippen molar-refractivity contribution in [2.45, 2.75) is 45.6 Å². The van der Waals surface area contributed by atoms with Gasteiger partial charge in [0.05, 0.1) is 6.61 Å². The maximum absolute atomic E-state index is 9.51. The van der Waals surface area contributed by atoms with Crippen molar-refractivity contribution >= 4 is 0 Å². The predicted molar refractivity (Wildman–Crippen MR) is 86.6 cm³/mol. The Hall–Kier alpha value is -1.06. The second-order valence-electron chi connectivity index (χ2n) is 6.09. The Balaban J connectivity index is 1.93. The van der Waals surface area contributed by atoms with Crippen LogP contribution in [0.4, 0.5) is 0 Å². The van der Waals surface area contributed by atoms with Crippen molar-refractivity contribution in [3.8, 4) is 5.75 Å². The van der Waals surface area contributed by atoms with E-state index in [2.05, 4.69) is 24.4 Å². The largest absolute Gasteiger partial charge is 0.494 e. The summed E-state index contributed by atoms with van der Waals surface area (Å²) >= 11 is 0. The summed E-state index contributed by atoms with van der Waals surface area (Å²) in [4.78, 5) is 0. The number of benzene rings is 1. The lowest BCUT2D eigenvalue weighted by atomic mass is 9.79. The molecule has 1 aliphatic carbocycles.